The molecule has 0 radical (unpaired) electrons. The van der Waals surface area contributed by atoms with Crippen LogP contribution >= 0.6 is 0 Å². The van der Waals surface area contributed by atoms with Crippen LogP contribution in [0.2, 0.25) is 0 Å². The molecule has 336 valence electrons. The highest BCUT2D eigenvalue weighted by atomic mass is 15.4. The molecule has 12 rings (SSSR count). The van der Waals surface area contributed by atoms with E-state index in [1.807, 2.05) is 22.9 Å². The lowest BCUT2D eigenvalue weighted by Crippen LogP contribution is -2.13. The van der Waals surface area contributed by atoms with E-state index in [2.05, 4.69) is 282 Å². The summed E-state index contributed by atoms with van der Waals surface area (Å²) in [5, 5.41) is 9.41. The van der Waals surface area contributed by atoms with Crippen LogP contribution in [0.5, 0.6) is 0 Å². The first-order valence-electron chi connectivity index (χ1n) is 24.0. The third kappa shape index (κ3) is 8.76. The molecule has 5 heteroatoms. The lowest BCUT2D eigenvalue weighted by molar-refractivity contribution is 0.824. The molecule has 12 aromatic rings. The Morgan fingerprint density at radius 3 is 1.01 bits per heavy atom. The van der Waals surface area contributed by atoms with E-state index >= 15 is 0 Å². The summed E-state index contributed by atoms with van der Waals surface area (Å²) < 4.78 is 1.91. The summed E-state index contributed by atoms with van der Waals surface area (Å²) in [5.41, 5.74) is 20.3. The zero-order valence-corrected chi connectivity index (χ0v) is 38.9. The zero-order valence-electron chi connectivity index (χ0n) is 38.9. The van der Waals surface area contributed by atoms with Gasteiger partial charge >= 0.3 is 0 Å². The molecule has 0 unspecified atom stereocenters. The van der Waals surface area contributed by atoms with Gasteiger partial charge in [0.2, 0.25) is 0 Å². The van der Waals surface area contributed by atoms with Gasteiger partial charge in [-0.25, -0.2) is 4.68 Å². The molecule has 0 atom stereocenters. The van der Waals surface area contributed by atoms with E-state index in [-0.39, 0.29) is 0 Å². The molecule has 0 aliphatic heterocycles. The summed E-state index contributed by atoms with van der Waals surface area (Å²) in [4.78, 5) is 4.73. The molecular weight excluding hydrogens is 863 g/mol. The van der Waals surface area contributed by atoms with Crippen molar-refractivity contribution in [2.45, 2.75) is 0 Å². The molecule has 11 aromatic carbocycles. The number of para-hydroxylation sites is 1. The molecule has 0 N–H and O–H groups in total. The summed E-state index contributed by atoms with van der Waals surface area (Å²) in [6.07, 6.45) is 0. The van der Waals surface area contributed by atoms with E-state index < -0.39 is 0 Å². The molecule has 0 aliphatic rings. The van der Waals surface area contributed by atoms with Crippen LogP contribution in [0.15, 0.2) is 285 Å². The number of nitrogens with zero attached hydrogens (tertiary/aromatic N) is 5. The SMILES string of the molecule is c1ccc(-c2ccc(N(c3ccc(-c4ccccc4)cc3)c3ccc(N(c4ccc(-c5ccccc5)cc4)c4ccc(-c5ccccc5)cc4)c(-c4ccc5c(c4)nnn5-c4ccccc4)c3)cc2)cc1. The third-order valence-corrected chi connectivity index (χ3v) is 13.2. The first-order valence-corrected chi connectivity index (χ1v) is 24.0. The Hall–Kier alpha value is -9.58. The van der Waals surface area contributed by atoms with Crippen molar-refractivity contribution in [1.29, 1.82) is 0 Å². The van der Waals surface area contributed by atoms with Crippen molar-refractivity contribution in [3.05, 3.63) is 285 Å². The second-order valence-corrected chi connectivity index (χ2v) is 17.6. The average Bonchev–Trinajstić information content (AvgIpc) is 3.89. The summed E-state index contributed by atoms with van der Waals surface area (Å²) >= 11 is 0. The molecule has 0 bridgehead atoms. The van der Waals surface area contributed by atoms with Crippen molar-refractivity contribution >= 4 is 45.2 Å². The van der Waals surface area contributed by atoms with Gasteiger partial charge in [-0.05, 0) is 141 Å². The first kappa shape index (κ1) is 42.8. The Bertz CT molecular complexity index is 3530. The number of anilines is 6. The van der Waals surface area contributed by atoms with E-state index in [1.165, 1.54) is 22.3 Å². The second-order valence-electron chi connectivity index (χ2n) is 17.6. The number of hydrogen-bond donors (Lipinski definition) is 0. The van der Waals surface area contributed by atoms with Crippen LogP contribution < -0.4 is 9.80 Å². The molecule has 0 spiro atoms. The fraction of sp³-hybridized carbons (Fsp3) is 0. The fourth-order valence-electron chi connectivity index (χ4n) is 9.55. The lowest BCUT2D eigenvalue weighted by Gasteiger charge is -2.31. The minimum atomic E-state index is 0.804. The Kier molecular flexibility index (Phi) is 11.6. The van der Waals surface area contributed by atoms with Crippen molar-refractivity contribution in [3.8, 4) is 61.3 Å². The molecular formula is C66H47N5. The number of hydrogen-bond acceptors (Lipinski definition) is 4. The number of benzene rings is 11. The predicted molar refractivity (Wildman–Crippen MR) is 295 cm³/mol. The highest BCUT2D eigenvalue weighted by Gasteiger charge is 2.22. The van der Waals surface area contributed by atoms with Crippen molar-refractivity contribution in [1.82, 2.24) is 15.0 Å². The first-order chi connectivity index (χ1) is 35.2. The largest absolute Gasteiger partial charge is 0.310 e. The zero-order chi connectivity index (χ0) is 47.3. The summed E-state index contributed by atoms with van der Waals surface area (Å²) in [5.74, 6) is 0. The van der Waals surface area contributed by atoms with E-state index in [1.54, 1.807) is 0 Å². The number of aromatic nitrogens is 3. The van der Waals surface area contributed by atoms with Crippen LogP contribution in [0, 0.1) is 0 Å². The summed E-state index contributed by atoms with van der Waals surface area (Å²) in [6.45, 7) is 0. The van der Waals surface area contributed by atoms with Crippen LogP contribution in [-0.4, -0.2) is 15.0 Å². The molecule has 0 saturated heterocycles. The van der Waals surface area contributed by atoms with Gasteiger partial charge in [0.1, 0.15) is 5.52 Å². The van der Waals surface area contributed by atoms with Crippen LogP contribution in [0.3, 0.4) is 0 Å². The molecule has 0 amide bonds. The molecule has 5 nitrogen and oxygen atoms in total. The van der Waals surface area contributed by atoms with Crippen molar-refractivity contribution in [3.63, 3.8) is 0 Å². The minimum Gasteiger partial charge on any atom is -0.310 e. The third-order valence-electron chi connectivity index (χ3n) is 13.2. The maximum atomic E-state index is 4.76. The van der Waals surface area contributed by atoms with Gasteiger partial charge in [-0.1, -0.05) is 199 Å². The van der Waals surface area contributed by atoms with Crippen molar-refractivity contribution in [2.75, 3.05) is 9.80 Å². The normalized spacial score (nSPS) is 11.1. The van der Waals surface area contributed by atoms with Crippen molar-refractivity contribution < 1.29 is 0 Å². The van der Waals surface area contributed by atoms with E-state index in [9.17, 15) is 0 Å². The average molecular weight is 910 g/mol. The van der Waals surface area contributed by atoms with Gasteiger partial charge in [0.25, 0.3) is 0 Å². The Morgan fingerprint density at radius 1 is 0.268 bits per heavy atom. The predicted octanol–water partition coefficient (Wildman–Crippen LogP) is 17.7. The maximum Gasteiger partial charge on any atom is 0.114 e. The summed E-state index contributed by atoms with van der Waals surface area (Å²) in [7, 11) is 0. The Morgan fingerprint density at radius 2 is 0.606 bits per heavy atom. The van der Waals surface area contributed by atoms with E-state index in [4.69, 9.17) is 5.10 Å². The van der Waals surface area contributed by atoms with Crippen molar-refractivity contribution in [2.24, 2.45) is 0 Å². The highest BCUT2D eigenvalue weighted by Crippen LogP contribution is 2.46. The monoisotopic (exact) mass is 909 g/mol. The van der Waals surface area contributed by atoms with Gasteiger partial charge in [-0.2, -0.15) is 0 Å². The molecule has 1 heterocycles. The molecule has 71 heavy (non-hydrogen) atoms. The Labute approximate surface area is 414 Å². The van der Waals surface area contributed by atoms with E-state index in [0.717, 1.165) is 84.2 Å². The second kappa shape index (κ2) is 19.2. The minimum absolute atomic E-state index is 0.804. The summed E-state index contributed by atoms with van der Waals surface area (Å²) in [6, 6.07) is 101. The van der Waals surface area contributed by atoms with Gasteiger partial charge in [-0.15, -0.1) is 5.10 Å². The highest BCUT2D eigenvalue weighted by molar-refractivity contribution is 5.95. The van der Waals surface area contributed by atoms with Gasteiger partial charge in [0, 0.05) is 34.0 Å². The van der Waals surface area contributed by atoms with Crippen LogP contribution in [0.25, 0.3) is 72.4 Å². The Balaban J connectivity index is 1.05. The molecule has 0 fully saturated rings. The lowest BCUT2D eigenvalue weighted by atomic mass is 9.98. The molecule has 0 saturated carbocycles. The topological polar surface area (TPSA) is 37.2 Å². The van der Waals surface area contributed by atoms with Gasteiger partial charge in [0.15, 0.2) is 0 Å². The number of fused-ring (bicyclic) bond motifs is 1. The van der Waals surface area contributed by atoms with Crippen LogP contribution in [0.1, 0.15) is 0 Å². The van der Waals surface area contributed by atoms with Crippen LogP contribution in [-0.2, 0) is 0 Å². The smallest absolute Gasteiger partial charge is 0.114 e. The number of rotatable bonds is 12. The fourth-order valence-corrected chi connectivity index (χ4v) is 9.55. The molecule has 1 aromatic heterocycles. The van der Waals surface area contributed by atoms with Gasteiger partial charge in [0.05, 0.1) is 16.9 Å². The quantitative estimate of drug-likeness (QED) is 0.122. The molecule has 0 aliphatic carbocycles. The maximum absolute atomic E-state index is 4.76. The van der Waals surface area contributed by atoms with E-state index in [0.29, 0.717) is 0 Å². The van der Waals surface area contributed by atoms with Gasteiger partial charge in [-0.3, -0.25) is 0 Å². The standard InChI is InChI=1S/C66H47N5/c1-6-16-48(17-7-1)52-26-35-57(36-27-52)69(58-37-28-53(29-38-58)49-18-8-2-9-19-49)62-43-45-65(63(47-62)56-34-44-66-64(46-56)67-68-71(66)61-24-14-5-15-25-61)70(59-39-30-54(31-40-59)50-20-10-3-11-21-50)60-41-32-55(33-42-60)51-22-12-4-13-23-51/h1-47H. The van der Waals surface area contributed by atoms with Gasteiger partial charge < -0.3 is 9.80 Å². The van der Waals surface area contributed by atoms with Crippen LogP contribution in [0.4, 0.5) is 34.1 Å².